The van der Waals surface area contributed by atoms with Crippen LogP contribution in [-0.2, 0) is 12.8 Å². The summed E-state index contributed by atoms with van der Waals surface area (Å²) in [6, 6.07) is 9.07. The van der Waals surface area contributed by atoms with Gasteiger partial charge in [-0.1, -0.05) is 12.1 Å². The van der Waals surface area contributed by atoms with Crippen LogP contribution in [0.1, 0.15) is 29.9 Å². The Morgan fingerprint density at radius 3 is 2.80 bits per heavy atom. The number of nitrogens with one attached hydrogen (secondary N) is 1. The third kappa shape index (κ3) is 3.45. The molecule has 0 saturated heterocycles. The summed E-state index contributed by atoms with van der Waals surface area (Å²) in [5, 5.41) is 7.70. The third-order valence-electron chi connectivity index (χ3n) is 3.43. The molecule has 0 fully saturated rings. The quantitative estimate of drug-likeness (QED) is 0.821. The van der Waals surface area contributed by atoms with Gasteiger partial charge in [-0.3, -0.25) is 4.68 Å². The van der Waals surface area contributed by atoms with Gasteiger partial charge in [0.1, 0.15) is 0 Å². The second-order valence-electron chi connectivity index (χ2n) is 4.84. The van der Waals surface area contributed by atoms with Gasteiger partial charge >= 0.3 is 0 Å². The zero-order valence-corrected chi connectivity index (χ0v) is 14.7. The lowest BCUT2D eigenvalue weighted by atomic mass is 10.1. The van der Waals surface area contributed by atoms with E-state index in [4.69, 9.17) is 0 Å². The molecule has 0 radical (unpaired) electrons. The fraction of sp³-hybridized carbons (Fsp3) is 0.400. The van der Waals surface area contributed by atoms with Gasteiger partial charge in [0.05, 0.1) is 15.9 Å². The smallest absolute Gasteiger partial charge is 0.0738 e. The van der Waals surface area contributed by atoms with E-state index >= 15 is 0 Å². The predicted octanol–water partition coefficient (Wildman–Crippen LogP) is 4.06. The molecule has 5 heteroatoms. The van der Waals surface area contributed by atoms with E-state index in [1.165, 1.54) is 16.2 Å². The number of aryl methyl sites for hydroxylation is 2. The topological polar surface area (TPSA) is 29.9 Å². The number of hydrogen-bond donors (Lipinski definition) is 1. The zero-order valence-electron chi connectivity index (χ0n) is 12.3. The fourth-order valence-electron chi connectivity index (χ4n) is 2.03. The second-order valence-corrected chi connectivity index (χ2v) is 6.68. The van der Waals surface area contributed by atoms with Gasteiger partial charge in [0.2, 0.25) is 0 Å². The molecular weight excluding hydrogens is 334 g/mol. The average Bonchev–Trinajstić information content (AvgIpc) is 2.69. The van der Waals surface area contributed by atoms with E-state index in [0.29, 0.717) is 6.04 Å². The van der Waals surface area contributed by atoms with Crippen LogP contribution in [0.3, 0.4) is 0 Å². The highest BCUT2D eigenvalue weighted by Crippen LogP contribution is 2.29. The SMILES string of the molecule is CNC(C)c1cccc(SCc2c(Br)c(C)nn2C)c1. The van der Waals surface area contributed by atoms with Gasteiger partial charge in [-0.15, -0.1) is 11.8 Å². The summed E-state index contributed by atoms with van der Waals surface area (Å²) in [5.74, 6) is 0.912. The van der Waals surface area contributed by atoms with Crippen molar-refractivity contribution in [3.63, 3.8) is 0 Å². The van der Waals surface area contributed by atoms with E-state index in [-0.39, 0.29) is 0 Å². The van der Waals surface area contributed by atoms with Crippen LogP contribution in [-0.4, -0.2) is 16.8 Å². The van der Waals surface area contributed by atoms with Crippen LogP contribution in [0.25, 0.3) is 0 Å². The molecular formula is C15H20BrN3S. The molecule has 3 nitrogen and oxygen atoms in total. The average molecular weight is 354 g/mol. The number of halogens is 1. The molecule has 2 aromatic rings. The first-order chi connectivity index (χ1) is 9.52. The first kappa shape index (κ1) is 15.6. The van der Waals surface area contributed by atoms with Crippen LogP contribution >= 0.6 is 27.7 Å². The van der Waals surface area contributed by atoms with Gasteiger partial charge in [-0.2, -0.15) is 5.10 Å². The number of aromatic nitrogens is 2. The Labute approximate surface area is 133 Å². The number of thioether (sulfide) groups is 1. The normalized spacial score (nSPS) is 12.7. The summed E-state index contributed by atoms with van der Waals surface area (Å²) in [6.07, 6.45) is 0. The lowest BCUT2D eigenvalue weighted by molar-refractivity contribution is 0.651. The highest BCUT2D eigenvalue weighted by Gasteiger charge is 2.11. The van der Waals surface area contributed by atoms with Crippen LogP contribution in [0.15, 0.2) is 33.6 Å². The molecule has 0 saturated carbocycles. The Balaban J connectivity index is 2.11. The van der Waals surface area contributed by atoms with Crippen molar-refractivity contribution in [3.8, 4) is 0 Å². The van der Waals surface area contributed by atoms with Crippen LogP contribution in [0, 0.1) is 6.92 Å². The highest BCUT2D eigenvalue weighted by molar-refractivity contribution is 9.10. The van der Waals surface area contributed by atoms with E-state index in [2.05, 4.69) is 57.5 Å². The van der Waals surface area contributed by atoms with Gasteiger partial charge < -0.3 is 5.32 Å². The Kier molecular flexibility index (Phi) is 5.29. The zero-order chi connectivity index (χ0) is 14.7. The largest absolute Gasteiger partial charge is 0.313 e. The molecule has 1 heterocycles. The second kappa shape index (κ2) is 6.78. The predicted molar refractivity (Wildman–Crippen MR) is 89.1 cm³/mol. The first-order valence-electron chi connectivity index (χ1n) is 6.61. The standard InChI is InChI=1S/C15H20BrN3S/c1-10(17-3)12-6-5-7-13(8-12)20-9-14-15(16)11(2)18-19(14)4/h5-8,10,17H,9H2,1-4H3. The molecule has 0 bridgehead atoms. The fourth-order valence-corrected chi connectivity index (χ4v) is 3.72. The summed E-state index contributed by atoms with van der Waals surface area (Å²) in [5.41, 5.74) is 3.58. The van der Waals surface area contributed by atoms with Gasteiger partial charge in [0, 0.05) is 23.7 Å². The molecule has 1 N–H and O–H groups in total. The van der Waals surface area contributed by atoms with E-state index in [9.17, 15) is 0 Å². The van der Waals surface area contributed by atoms with Gasteiger partial charge in [0.25, 0.3) is 0 Å². The Morgan fingerprint density at radius 1 is 1.45 bits per heavy atom. The van der Waals surface area contributed by atoms with Crippen molar-refractivity contribution in [2.45, 2.75) is 30.5 Å². The number of nitrogens with zero attached hydrogens (tertiary/aromatic N) is 2. The van der Waals surface area contributed by atoms with Crippen molar-refractivity contribution < 1.29 is 0 Å². The van der Waals surface area contributed by atoms with E-state index < -0.39 is 0 Å². The molecule has 0 aliphatic carbocycles. The molecule has 0 aliphatic rings. The van der Waals surface area contributed by atoms with Crippen molar-refractivity contribution in [3.05, 3.63) is 45.7 Å². The number of hydrogen-bond acceptors (Lipinski definition) is 3. The summed E-state index contributed by atoms with van der Waals surface area (Å²) in [6.45, 7) is 4.19. The van der Waals surface area contributed by atoms with Gasteiger partial charge in [-0.05, 0) is 54.5 Å². The maximum absolute atomic E-state index is 4.43. The van der Waals surface area contributed by atoms with Crippen LogP contribution in [0.5, 0.6) is 0 Å². The van der Waals surface area contributed by atoms with Crippen LogP contribution in [0.4, 0.5) is 0 Å². The lowest BCUT2D eigenvalue weighted by Crippen LogP contribution is -2.12. The minimum Gasteiger partial charge on any atom is -0.313 e. The van der Waals surface area contributed by atoms with Crippen LogP contribution in [0.2, 0.25) is 0 Å². The van der Waals surface area contributed by atoms with E-state index in [0.717, 1.165) is 15.9 Å². The molecule has 20 heavy (non-hydrogen) atoms. The summed E-state index contributed by atoms with van der Waals surface area (Å²) < 4.78 is 3.07. The first-order valence-corrected chi connectivity index (χ1v) is 8.38. The monoisotopic (exact) mass is 353 g/mol. The van der Waals surface area contributed by atoms with E-state index in [1.54, 1.807) is 0 Å². The highest BCUT2D eigenvalue weighted by atomic mass is 79.9. The number of benzene rings is 1. The van der Waals surface area contributed by atoms with Gasteiger partial charge in [-0.25, -0.2) is 0 Å². The summed E-state index contributed by atoms with van der Waals surface area (Å²) in [4.78, 5) is 1.29. The minimum absolute atomic E-state index is 0.376. The third-order valence-corrected chi connectivity index (χ3v) is 5.46. The molecule has 108 valence electrons. The molecule has 0 aliphatic heterocycles. The molecule has 1 atom stereocenters. The molecule has 1 unspecified atom stereocenters. The Hall–Kier alpha value is -0.780. The van der Waals surface area contributed by atoms with Crippen molar-refractivity contribution in [1.82, 2.24) is 15.1 Å². The number of rotatable bonds is 5. The molecule has 0 spiro atoms. The summed E-state index contributed by atoms with van der Waals surface area (Å²) >= 11 is 5.46. The minimum atomic E-state index is 0.376. The molecule has 1 aromatic carbocycles. The Bertz CT molecular complexity index is 595. The summed E-state index contributed by atoms with van der Waals surface area (Å²) in [7, 11) is 3.98. The van der Waals surface area contributed by atoms with Crippen molar-refractivity contribution in [2.75, 3.05) is 7.05 Å². The van der Waals surface area contributed by atoms with Crippen molar-refractivity contribution in [2.24, 2.45) is 7.05 Å². The Morgan fingerprint density at radius 2 is 2.20 bits per heavy atom. The molecule has 1 aromatic heterocycles. The van der Waals surface area contributed by atoms with Crippen molar-refractivity contribution in [1.29, 1.82) is 0 Å². The van der Waals surface area contributed by atoms with Crippen molar-refractivity contribution >= 4 is 27.7 Å². The molecule has 0 amide bonds. The van der Waals surface area contributed by atoms with Gasteiger partial charge in [0.15, 0.2) is 0 Å². The lowest BCUT2D eigenvalue weighted by Gasteiger charge is -2.12. The molecule has 2 rings (SSSR count). The maximum Gasteiger partial charge on any atom is 0.0738 e. The van der Waals surface area contributed by atoms with Crippen LogP contribution < -0.4 is 5.32 Å². The van der Waals surface area contributed by atoms with E-state index in [1.807, 2.05) is 37.5 Å². The maximum atomic E-state index is 4.43.